The predicted octanol–water partition coefficient (Wildman–Crippen LogP) is -0.479. The van der Waals surface area contributed by atoms with Crippen molar-refractivity contribution in [3.8, 4) is 0 Å². The Bertz CT molecular complexity index is 473. The highest BCUT2D eigenvalue weighted by Crippen LogP contribution is 2.17. The van der Waals surface area contributed by atoms with Crippen molar-refractivity contribution < 1.29 is 4.79 Å². The fourth-order valence-electron chi connectivity index (χ4n) is 0.887. The molecular weight excluding hydrogens is 246 g/mol. The molecule has 1 amide bonds. The van der Waals surface area contributed by atoms with Crippen molar-refractivity contribution in [3.63, 3.8) is 0 Å². The van der Waals surface area contributed by atoms with E-state index in [0.29, 0.717) is 0 Å². The topological polar surface area (TPSA) is 134 Å². The van der Waals surface area contributed by atoms with Crippen LogP contribution in [0.25, 0.3) is 0 Å². The van der Waals surface area contributed by atoms with Gasteiger partial charge in [-0.3, -0.25) is 15.5 Å². The molecule has 1 aromatic heterocycles. The molecule has 17 heavy (non-hydrogen) atoms. The molecule has 0 bridgehead atoms. The quantitative estimate of drug-likeness (QED) is 0.397. The predicted molar refractivity (Wildman–Crippen MR) is 64.7 cm³/mol. The molecule has 0 fully saturated rings. The summed E-state index contributed by atoms with van der Waals surface area (Å²) in [4.78, 5) is 20.5. The summed E-state index contributed by atoms with van der Waals surface area (Å²) in [7, 11) is 3.21. The zero-order valence-electron chi connectivity index (χ0n) is 9.28. The van der Waals surface area contributed by atoms with E-state index in [2.05, 4.69) is 15.3 Å². The van der Waals surface area contributed by atoms with Crippen LogP contribution in [0.3, 0.4) is 0 Å². The molecule has 6 N–H and O–H groups in total. The van der Waals surface area contributed by atoms with Gasteiger partial charge >= 0.3 is 0 Å². The first kappa shape index (κ1) is 13.0. The summed E-state index contributed by atoms with van der Waals surface area (Å²) in [5.41, 5.74) is 10.7. The highest BCUT2D eigenvalue weighted by molar-refractivity contribution is 6.31. The standard InChI is InChI=1S/C8H12ClN7O/c1-16(2)8(12)15-7(17)3-5(10)14-6(11)4(9)13-3/h1-2H3,(H4,10,11,14)(H2,12,15,17). The molecule has 0 aliphatic rings. The average molecular weight is 258 g/mol. The summed E-state index contributed by atoms with van der Waals surface area (Å²) in [5, 5.41) is 9.60. The monoisotopic (exact) mass is 257 g/mol. The molecule has 0 radical (unpaired) electrons. The van der Waals surface area contributed by atoms with Gasteiger partial charge in [0.15, 0.2) is 28.4 Å². The molecule has 8 nitrogen and oxygen atoms in total. The number of hydrogen-bond acceptors (Lipinski definition) is 6. The number of amides is 1. The third-order valence-corrected chi connectivity index (χ3v) is 2.08. The van der Waals surface area contributed by atoms with Crippen LogP contribution in [-0.4, -0.2) is 40.8 Å². The average Bonchev–Trinajstić information content (AvgIpc) is 2.22. The first-order valence-electron chi connectivity index (χ1n) is 4.48. The lowest BCUT2D eigenvalue weighted by atomic mass is 10.4. The molecule has 9 heteroatoms. The van der Waals surface area contributed by atoms with Crippen molar-refractivity contribution in [2.24, 2.45) is 0 Å². The molecule has 0 aromatic carbocycles. The van der Waals surface area contributed by atoms with Crippen LogP contribution in [0, 0.1) is 5.41 Å². The third kappa shape index (κ3) is 2.94. The summed E-state index contributed by atoms with van der Waals surface area (Å²) in [6.07, 6.45) is 0. The van der Waals surface area contributed by atoms with E-state index in [9.17, 15) is 4.79 Å². The Hall–Kier alpha value is -2.09. The van der Waals surface area contributed by atoms with Gasteiger partial charge in [-0.1, -0.05) is 11.6 Å². The van der Waals surface area contributed by atoms with E-state index in [1.54, 1.807) is 14.1 Å². The maximum absolute atomic E-state index is 11.7. The van der Waals surface area contributed by atoms with Gasteiger partial charge in [0.1, 0.15) is 0 Å². The number of nitrogens with one attached hydrogen (secondary N) is 2. The minimum atomic E-state index is -0.671. The summed E-state index contributed by atoms with van der Waals surface area (Å²) in [5.74, 6) is -0.973. The SMILES string of the molecule is CN(C)C(=N)NC(=O)c1nc(Cl)c(N)nc1N. The van der Waals surface area contributed by atoms with E-state index in [-0.39, 0.29) is 28.4 Å². The lowest BCUT2D eigenvalue weighted by Gasteiger charge is -2.14. The van der Waals surface area contributed by atoms with Gasteiger partial charge in [-0.05, 0) is 0 Å². The van der Waals surface area contributed by atoms with Gasteiger partial charge in [-0.15, -0.1) is 0 Å². The minimum absolute atomic E-state index is 0.0524. The smallest absolute Gasteiger partial charge is 0.280 e. The normalized spacial score (nSPS) is 9.82. The molecule has 1 aromatic rings. The number of guanidine groups is 1. The summed E-state index contributed by atoms with van der Waals surface area (Å²) < 4.78 is 0. The Kier molecular flexibility index (Phi) is 3.69. The first-order chi connectivity index (χ1) is 7.82. The van der Waals surface area contributed by atoms with Crippen LogP contribution in [0.5, 0.6) is 0 Å². The summed E-state index contributed by atoms with van der Waals surface area (Å²) in [6, 6.07) is 0. The van der Waals surface area contributed by atoms with Crippen LogP contribution in [0.4, 0.5) is 11.6 Å². The number of nitrogens with zero attached hydrogens (tertiary/aromatic N) is 3. The van der Waals surface area contributed by atoms with E-state index in [4.69, 9.17) is 28.5 Å². The minimum Gasteiger partial charge on any atom is -0.382 e. The number of hydrogen-bond donors (Lipinski definition) is 4. The number of nitrogen functional groups attached to an aromatic ring is 2. The zero-order valence-corrected chi connectivity index (χ0v) is 10.0. The molecule has 0 aliphatic heterocycles. The van der Waals surface area contributed by atoms with Crippen LogP contribution in [0.2, 0.25) is 5.15 Å². The van der Waals surface area contributed by atoms with Gasteiger partial charge in [0.2, 0.25) is 0 Å². The van der Waals surface area contributed by atoms with E-state index in [1.165, 1.54) is 4.90 Å². The second kappa shape index (κ2) is 4.83. The first-order valence-corrected chi connectivity index (χ1v) is 4.86. The molecule has 0 spiro atoms. The largest absolute Gasteiger partial charge is 0.382 e. The van der Waals surface area contributed by atoms with Crippen LogP contribution in [0.15, 0.2) is 0 Å². The van der Waals surface area contributed by atoms with E-state index in [1.807, 2.05) is 0 Å². The molecule has 92 valence electrons. The maximum Gasteiger partial charge on any atom is 0.280 e. The van der Waals surface area contributed by atoms with E-state index >= 15 is 0 Å². The molecular formula is C8H12ClN7O. The fraction of sp³-hybridized carbons (Fsp3) is 0.250. The number of halogens is 1. The van der Waals surface area contributed by atoms with Crippen molar-refractivity contribution in [1.29, 1.82) is 5.41 Å². The van der Waals surface area contributed by atoms with Gasteiger partial charge in [0.25, 0.3) is 5.91 Å². The maximum atomic E-state index is 11.7. The summed E-state index contributed by atoms with van der Waals surface area (Å²) >= 11 is 5.63. The van der Waals surface area contributed by atoms with Crippen molar-refractivity contribution in [1.82, 2.24) is 20.2 Å². The van der Waals surface area contributed by atoms with Crippen LogP contribution >= 0.6 is 11.6 Å². The number of rotatable bonds is 1. The molecule has 0 saturated heterocycles. The molecule has 0 saturated carbocycles. The Balaban J connectivity index is 2.97. The van der Waals surface area contributed by atoms with Crippen molar-refractivity contribution in [2.45, 2.75) is 0 Å². The number of carbonyl (C=O) groups excluding carboxylic acids is 1. The molecule has 0 unspecified atom stereocenters. The second-order valence-electron chi connectivity index (χ2n) is 3.33. The van der Waals surface area contributed by atoms with Gasteiger partial charge in [0.05, 0.1) is 0 Å². The van der Waals surface area contributed by atoms with Crippen molar-refractivity contribution in [3.05, 3.63) is 10.8 Å². The van der Waals surface area contributed by atoms with Crippen LogP contribution in [0.1, 0.15) is 10.5 Å². The molecule has 1 heterocycles. The van der Waals surface area contributed by atoms with Gasteiger partial charge < -0.3 is 16.4 Å². The van der Waals surface area contributed by atoms with Gasteiger partial charge in [-0.25, -0.2) is 9.97 Å². The number of anilines is 2. The third-order valence-electron chi connectivity index (χ3n) is 1.80. The van der Waals surface area contributed by atoms with Crippen molar-refractivity contribution in [2.75, 3.05) is 25.6 Å². The van der Waals surface area contributed by atoms with Crippen molar-refractivity contribution >= 4 is 35.1 Å². The number of aromatic nitrogens is 2. The molecule has 0 aliphatic carbocycles. The highest BCUT2D eigenvalue weighted by atomic mass is 35.5. The Morgan fingerprint density at radius 1 is 1.35 bits per heavy atom. The fourth-order valence-corrected chi connectivity index (χ4v) is 1.01. The highest BCUT2D eigenvalue weighted by Gasteiger charge is 2.17. The van der Waals surface area contributed by atoms with Crippen LogP contribution in [-0.2, 0) is 0 Å². The lowest BCUT2D eigenvalue weighted by molar-refractivity contribution is 0.0969. The Labute approximate surface area is 102 Å². The van der Waals surface area contributed by atoms with E-state index in [0.717, 1.165) is 0 Å². The van der Waals surface area contributed by atoms with Gasteiger partial charge in [0, 0.05) is 14.1 Å². The lowest BCUT2D eigenvalue weighted by Crippen LogP contribution is -2.40. The summed E-state index contributed by atoms with van der Waals surface area (Å²) in [6.45, 7) is 0. The molecule has 1 rings (SSSR count). The molecule has 0 atom stereocenters. The van der Waals surface area contributed by atoms with E-state index < -0.39 is 5.91 Å². The number of nitrogens with two attached hydrogens (primary N) is 2. The second-order valence-corrected chi connectivity index (χ2v) is 3.69. The Morgan fingerprint density at radius 3 is 2.47 bits per heavy atom. The van der Waals surface area contributed by atoms with Crippen LogP contribution < -0.4 is 16.8 Å². The Morgan fingerprint density at radius 2 is 1.94 bits per heavy atom. The zero-order chi connectivity index (χ0) is 13.2. The number of carbonyl (C=O) groups is 1. The van der Waals surface area contributed by atoms with Gasteiger partial charge in [-0.2, -0.15) is 0 Å².